The number of fused-ring (bicyclic) bond motifs is 1. The molecule has 3 rings (SSSR count). The maximum Gasteiger partial charge on any atom is 0.311 e. The second-order valence-corrected chi connectivity index (χ2v) is 6.66. The number of benzene rings is 1. The van der Waals surface area contributed by atoms with Crippen LogP contribution in [0.3, 0.4) is 0 Å². The molecule has 0 radical (unpaired) electrons. The van der Waals surface area contributed by atoms with Crippen LogP contribution in [0.5, 0.6) is 0 Å². The van der Waals surface area contributed by atoms with Gasteiger partial charge in [0.05, 0.1) is 5.41 Å². The fraction of sp³-hybridized carbons (Fsp3) is 0.375. The van der Waals surface area contributed by atoms with E-state index in [1.54, 1.807) is 6.20 Å². The molecular formula is C16H17BrN2O2. The summed E-state index contributed by atoms with van der Waals surface area (Å²) in [4.78, 5) is 16.0. The van der Waals surface area contributed by atoms with Gasteiger partial charge in [0.2, 0.25) is 0 Å². The number of rotatable bonds is 3. The van der Waals surface area contributed by atoms with Crippen LogP contribution in [0.15, 0.2) is 34.9 Å². The molecule has 2 atom stereocenters. The third-order valence-corrected chi connectivity index (χ3v) is 5.20. The first-order chi connectivity index (χ1) is 10.0. The summed E-state index contributed by atoms with van der Waals surface area (Å²) in [5.74, 6) is 0.0205. The highest BCUT2D eigenvalue weighted by Crippen LogP contribution is 2.40. The number of halogens is 1. The smallest absolute Gasteiger partial charge is 0.311 e. The highest BCUT2D eigenvalue weighted by Gasteiger charge is 2.45. The van der Waals surface area contributed by atoms with Crippen LogP contribution in [-0.4, -0.2) is 22.1 Å². The third kappa shape index (κ3) is 2.39. The van der Waals surface area contributed by atoms with E-state index in [9.17, 15) is 9.90 Å². The van der Waals surface area contributed by atoms with Crippen molar-refractivity contribution in [2.24, 2.45) is 5.41 Å². The first-order valence-corrected chi connectivity index (χ1v) is 7.85. The first kappa shape index (κ1) is 14.3. The lowest BCUT2D eigenvalue weighted by Crippen LogP contribution is -2.40. The number of carboxylic acid groups (broad SMARTS) is 1. The van der Waals surface area contributed by atoms with Crippen molar-refractivity contribution in [2.45, 2.75) is 32.2 Å². The van der Waals surface area contributed by atoms with Crippen molar-refractivity contribution in [3.8, 4) is 0 Å². The minimum absolute atomic E-state index is 0.0907. The van der Waals surface area contributed by atoms with Gasteiger partial charge in [-0.3, -0.25) is 4.79 Å². The molecule has 2 N–H and O–H groups in total. The van der Waals surface area contributed by atoms with Crippen LogP contribution in [0.2, 0.25) is 0 Å². The lowest BCUT2D eigenvalue weighted by Gasteiger charge is -2.28. The largest absolute Gasteiger partial charge is 0.481 e. The molecule has 1 aliphatic rings. The zero-order valence-electron chi connectivity index (χ0n) is 11.8. The number of pyridine rings is 1. The maximum atomic E-state index is 11.6. The molecule has 1 aliphatic carbocycles. The number of nitrogens with zero attached hydrogens (tertiary/aromatic N) is 1. The second-order valence-electron chi connectivity index (χ2n) is 5.81. The molecule has 0 amide bonds. The van der Waals surface area contributed by atoms with Gasteiger partial charge in [0.25, 0.3) is 0 Å². The van der Waals surface area contributed by atoms with Crippen LogP contribution >= 0.6 is 15.9 Å². The van der Waals surface area contributed by atoms with E-state index in [2.05, 4.69) is 26.2 Å². The molecule has 2 unspecified atom stereocenters. The van der Waals surface area contributed by atoms with Gasteiger partial charge in [-0.25, -0.2) is 4.98 Å². The number of hydrogen-bond acceptors (Lipinski definition) is 3. The Kier molecular flexibility index (Phi) is 3.61. The average molecular weight is 349 g/mol. The third-order valence-electron chi connectivity index (χ3n) is 4.51. The summed E-state index contributed by atoms with van der Waals surface area (Å²) in [5.41, 5.74) is -0.726. The molecule has 0 saturated heterocycles. The Morgan fingerprint density at radius 1 is 1.43 bits per heavy atom. The molecule has 0 spiro atoms. The van der Waals surface area contributed by atoms with E-state index in [0.29, 0.717) is 6.42 Å². The molecule has 21 heavy (non-hydrogen) atoms. The predicted octanol–water partition coefficient (Wildman–Crippen LogP) is 4.05. The van der Waals surface area contributed by atoms with Gasteiger partial charge in [-0.05, 0) is 31.9 Å². The van der Waals surface area contributed by atoms with Gasteiger partial charge in [0, 0.05) is 27.5 Å². The van der Waals surface area contributed by atoms with Crippen molar-refractivity contribution >= 4 is 38.5 Å². The van der Waals surface area contributed by atoms with E-state index < -0.39 is 11.4 Å². The molecular weight excluding hydrogens is 332 g/mol. The Morgan fingerprint density at radius 2 is 2.24 bits per heavy atom. The normalized spacial score (nSPS) is 25.1. The van der Waals surface area contributed by atoms with Crippen LogP contribution < -0.4 is 5.32 Å². The van der Waals surface area contributed by atoms with Crippen LogP contribution in [0.4, 0.5) is 5.82 Å². The molecule has 1 aromatic carbocycles. The van der Waals surface area contributed by atoms with Crippen LogP contribution in [0.1, 0.15) is 26.2 Å². The number of anilines is 1. The van der Waals surface area contributed by atoms with Gasteiger partial charge in [0.15, 0.2) is 0 Å². The van der Waals surface area contributed by atoms with Crippen molar-refractivity contribution in [1.29, 1.82) is 0 Å². The number of nitrogens with one attached hydrogen (secondary N) is 1. The topological polar surface area (TPSA) is 62.2 Å². The Balaban J connectivity index is 1.99. The monoisotopic (exact) mass is 348 g/mol. The lowest BCUT2D eigenvalue weighted by molar-refractivity contribution is -0.147. The number of carboxylic acids is 1. The van der Waals surface area contributed by atoms with Gasteiger partial charge in [0.1, 0.15) is 5.82 Å². The number of aliphatic carboxylic acids is 1. The average Bonchev–Trinajstić information content (AvgIpc) is 2.83. The van der Waals surface area contributed by atoms with E-state index >= 15 is 0 Å². The lowest BCUT2D eigenvalue weighted by atomic mass is 9.85. The Morgan fingerprint density at radius 3 is 3.00 bits per heavy atom. The van der Waals surface area contributed by atoms with E-state index in [1.807, 2.05) is 31.2 Å². The predicted molar refractivity (Wildman–Crippen MR) is 86.4 cm³/mol. The van der Waals surface area contributed by atoms with Crippen molar-refractivity contribution < 1.29 is 9.90 Å². The van der Waals surface area contributed by atoms with E-state index in [-0.39, 0.29) is 6.04 Å². The minimum Gasteiger partial charge on any atom is -0.481 e. The zero-order valence-corrected chi connectivity index (χ0v) is 13.4. The Bertz CT molecular complexity index is 704. The zero-order chi connectivity index (χ0) is 15.0. The summed E-state index contributed by atoms with van der Waals surface area (Å²) in [7, 11) is 0. The molecule has 4 nitrogen and oxygen atoms in total. The van der Waals surface area contributed by atoms with Crippen LogP contribution in [0, 0.1) is 5.41 Å². The van der Waals surface area contributed by atoms with E-state index in [0.717, 1.165) is 33.9 Å². The highest BCUT2D eigenvalue weighted by atomic mass is 79.9. The van der Waals surface area contributed by atoms with Crippen molar-refractivity contribution in [3.63, 3.8) is 0 Å². The summed E-state index contributed by atoms with van der Waals surface area (Å²) in [6, 6.07) is 7.82. The van der Waals surface area contributed by atoms with E-state index in [4.69, 9.17) is 0 Å². The summed E-state index contributed by atoms with van der Waals surface area (Å²) in [5, 5.41) is 15.0. The molecule has 0 bridgehead atoms. The molecule has 2 aromatic rings. The second kappa shape index (κ2) is 5.30. The molecule has 110 valence electrons. The van der Waals surface area contributed by atoms with Crippen molar-refractivity contribution in [1.82, 2.24) is 4.98 Å². The highest BCUT2D eigenvalue weighted by molar-refractivity contribution is 9.10. The van der Waals surface area contributed by atoms with Gasteiger partial charge < -0.3 is 10.4 Å². The summed E-state index contributed by atoms with van der Waals surface area (Å²) in [6.07, 6.45) is 4.24. The summed E-state index contributed by atoms with van der Waals surface area (Å²) < 4.78 is 1.01. The molecule has 1 fully saturated rings. The Labute approximate surface area is 131 Å². The van der Waals surface area contributed by atoms with Gasteiger partial charge >= 0.3 is 5.97 Å². The molecule has 1 aromatic heterocycles. The number of hydrogen-bond donors (Lipinski definition) is 2. The number of aromatic nitrogens is 1. The Hall–Kier alpha value is -1.62. The van der Waals surface area contributed by atoms with Gasteiger partial charge in [-0.15, -0.1) is 0 Å². The summed E-state index contributed by atoms with van der Waals surface area (Å²) in [6.45, 7) is 1.82. The quantitative estimate of drug-likeness (QED) is 0.878. The van der Waals surface area contributed by atoms with Gasteiger partial charge in [-0.1, -0.05) is 34.5 Å². The fourth-order valence-electron chi connectivity index (χ4n) is 3.10. The minimum atomic E-state index is -0.737. The van der Waals surface area contributed by atoms with Crippen molar-refractivity contribution in [2.75, 3.05) is 5.32 Å². The maximum absolute atomic E-state index is 11.6. The van der Waals surface area contributed by atoms with Crippen LogP contribution in [-0.2, 0) is 4.79 Å². The summed E-state index contributed by atoms with van der Waals surface area (Å²) >= 11 is 3.54. The molecule has 0 aliphatic heterocycles. The molecule has 1 saturated carbocycles. The fourth-order valence-corrected chi connectivity index (χ4v) is 3.60. The molecule has 5 heteroatoms. The van der Waals surface area contributed by atoms with Crippen LogP contribution in [0.25, 0.3) is 10.8 Å². The van der Waals surface area contributed by atoms with Crippen molar-refractivity contribution in [3.05, 3.63) is 34.9 Å². The standard InChI is InChI=1S/C16H17BrN2O2/c1-16(15(20)21)8-3-6-13(16)19-14-11-4-2-5-12(17)10(11)7-9-18-14/h2,4-5,7,9,13H,3,6,8H2,1H3,(H,18,19)(H,20,21). The SMILES string of the molecule is CC1(C(=O)O)CCCC1Nc1nccc2c(Br)cccc12. The number of carbonyl (C=O) groups is 1. The van der Waals surface area contributed by atoms with Gasteiger partial charge in [-0.2, -0.15) is 0 Å². The van der Waals surface area contributed by atoms with E-state index in [1.165, 1.54) is 0 Å². The first-order valence-electron chi connectivity index (χ1n) is 7.05. The molecule has 1 heterocycles.